The summed E-state index contributed by atoms with van der Waals surface area (Å²) in [5, 5.41) is 0. The predicted molar refractivity (Wildman–Crippen MR) is 66.1 cm³/mol. The normalized spacial score (nSPS) is 13.7. The third-order valence-corrected chi connectivity index (χ3v) is 3.33. The molecule has 1 atom stereocenters. The van der Waals surface area contributed by atoms with Gasteiger partial charge in [0.25, 0.3) is 0 Å². The lowest BCUT2D eigenvalue weighted by Gasteiger charge is -2.15. The van der Waals surface area contributed by atoms with Gasteiger partial charge in [0.15, 0.2) is 0 Å². The van der Waals surface area contributed by atoms with E-state index in [0.717, 1.165) is 11.1 Å². The van der Waals surface area contributed by atoms with Gasteiger partial charge in [0.2, 0.25) is 0 Å². The number of aryl methyl sites for hydroxylation is 1. The van der Waals surface area contributed by atoms with Crippen molar-refractivity contribution < 1.29 is 13.2 Å². The van der Waals surface area contributed by atoms with E-state index in [-0.39, 0.29) is 23.4 Å². The topological polar surface area (TPSA) is 26.0 Å². The van der Waals surface area contributed by atoms with Crippen LogP contribution in [0.4, 0.5) is 13.2 Å². The maximum absolute atomic E-state index is 12.0. The number of nitrogens with two attached hydrogens (primary N) is 1. The summed E-state index contributed by atoms with van der Waals surface area (Å²) in [6.45, 7) is 2.35. The van der Waals surface area contributed by atoms with Gasteiger partial charge in [0.05, 0.1) is 0 Å². The average Bonchev–Trinajstić information content (AvgIpc) is 2.24. The first-order valence-electron chi connectivity index (χ1n) is 5.39. The minimum atomic E-state index is -4.15. The summed E-state index contributed by atoms with van der Waals surface area (Å²) in [5.41, 5.74) is 3.60. The SMILES string of the molecule is Cc1ccc(C(CN)CCSC(F)(F)F)cc1. The summed E-state index contributed by atoms with van der Waals surface area (Å²) in [5.74, 6) is 0.0599. The fourth-order valence-electron chi connectivity index (χ4n) is 1.58. The molecule has 0 saturated heterocycles. The van der Waals surface area contributed by atoms with Gasteiger partial charge in [-0.3, -0.25) is 0 Å². The molecule has 0 aliphatic heterocycles. The van der Waals surface area contributed by atoms with Gasteiger partial charge in [-0.15, -0.1) is 0 Å². The average molecular weight is 263 g/mol. The summed E-state index contributed by atoms with van der Waals surface area (Å²) in [4.78, 5) is 0. The molecule has 0 amide bonds. The van der Waals surface area contributed by atoms with Crippen molar-refractivity contribution in [2.75, 3.05) is 12.3 Å². The van der Waals surface area contributed by atoms with Crippen molar-refractivity contribution in [2.24, 2.45) is 5.73 Å². The Morgan fingerprint density at radius 1 is 1.24 bits per heavy atom. The number of alkyl halides is 3. The molecule has 2 N–H and O–H groups in total. The van der Waals surface area contributed by atoms with Crippen molar-refractivity contribution in [3.05, 3.63) is 35.4 Å². The molecule has 1 nitrogen and oxygen atoms in total. The molecule has 0 aromatic heterocycles. The van der Waals surface area contributed by atoms with Gasteiger partial charge in [-0.05, 0) is 31.4 Å². The fraction of sp³-hybridized carbons (Fsp3) is 0.500. The van der Waals surface area contributed by atoms with Crippen molar-refractivity contribution >= 4 is 11.8 Å². The highest BCUT2D eigenvalue weighted by atomic mass is 32.2. The summed E-state index contributed by atoms with van der Waals surface area (Å²) in [6, 6.07) is 7.78. The lowest BCUT2D eigenvalue weighted by atomic mass is 9.96. The second-order valence-electron chi connectivity index (χ2n) is 3.93. The van der Waals surface area contributed by atoms with E-state index in [1.54, 1.807) is 0 Å². The van der Waals surface area contributed by atoms with Gasteiger partial charge in [0.1, 0.15) is 0 Å². The highest BCUT2D eigenvalue weighted by Gasteiger charge is 2.28. The Labute approximate surface area is 104 Å². The molecule has 0 aliphatic carbocycles. The molecule has 17 heavy (non-hydrogen) atoms. The molecule has 0 heterocycles. The van der Waals surface area contributed by atoms with Gasteiger partial charge in [-0.25, -0.2) is 0 Å². The Bertz CT molecular complexity index is 335. The molecule has 1 aromatic rings. The summed E-state index contributed by atoms with van der Waals surface area (Å²) < 4.78 is 36.0. The molecule has 0 radical (unpaired) electrons. The minimum absolute atomic E-state index is 0.00505. The Balaban J connectivity index is 2.51. The Kier molecular flexibility index (Phi) is 5.33. The molecule has 1 unspecified atom stereocenters. The number of rotatable bonds is 5. The standard InChI is InChI=1S/C12H16F3NS/c1-9-2-4-10(5-3-9)11(8-16)6-7-17-12(13,14)15/h2-5,11H,6-8,16H2,1H3. The predicted octanol–water partition coefficient (Wildman–Crippen LogP) is 3.68. The summed E-state index contributed by atoms with van der Waals surface area (Å²) >= 11 is 0.0195. The van der Waals surface area contributed by atoms with E-state index >= 15 is 0 Å². The number of benzene rings is 1. The molecular formula is C12H16F3NS. The van der Waals surface area contributed by atoms with Crippen LogP contribution in [0.5, 0.6) is 0 Å². The van der Waals surface area contributed by atoms with Gasteiger partial charge in [-0.2, -0.15) is 13.2 Å². The zero-order valence-electron chi connectivity index (χ0n) is 9.63. The van der Waals surface area contributed by atoms with Gasteiger partial charge >= 0.3 is 5.51 Å². The van der Waals surface area contributed by atoms with Crippen LogP contribution in [0.2, 0.25) is 0 Å². The summed E-state index contributed by atoms with van der Waals surface area (Å²) in [6.07, 6.45) is 0.448. The van der Waals surface area contributed by atoms with Crippen molar-refractivity contribution in [3.8, 4) is 0 Å². The Morgan fingerprint density at radius 3 is 2.29 bits per heavy atom. The first-order chi connectivity index (χ1) is 7.92. The smallest absolute Gasteiger partial charge is 0.330 e. The van der Waals surface area contributed by atoms with Crippen molar-refractivity contribution in [1.29, 1.82) is 0 Å². The summed E-state index contributed by atoms with van der Waals surface area (Å²) in [7, 11) is 0. The van der Waals surface area contributed by atoms with E-state index in [2.05, 4.69) is 0 Å². The van der Waals surface area contributed by atoms with Crippen molar-refractivity contribution in [2.45, 2.75) is 24.8 Å². The molecule has 0 saturated carbocycles. The number of hydrogen-bond donors (Lipinski definition) is 1. The van der Waals surface area contributed by atoms with Crippen molar-refractivity contribution in [1.82, 2.24) is 0 Å². The van der Waals surface area contributed by atoms with Gasteiger partial charge < -0.3 is 5.73 Å². The maximum Gasteiger partial charge on any atom is 0.441 e. The number of halogens is 3. The fourth-order valence-corrected chi connectivity index (χ4v) is 2.21. The van der Waals surface area contributed by atoms with Crippen LogP contribution in [0.1, 0.15) is 23.5 Å². The first kappa shape index (κ1) is 14.4. The molecule has 96 valence electrons. The molecule has 5 heteroatoms. The van der Waals surface area contributed by atoms with Crippen LogP contribution in [0.15, 0.2) is 24.3 Å². The minimum Gasteiger partial charge on any atom is -0.330 e. The van der Waals surface area contributed by atoms with Crippen LogP contribution in [-0.4, -0.2) is 17.8 Å². The quantitative estimate of drug-likeness (QED) is 0.877. The molecule has 1 rings (SSSR count). The van der Waals surface area contributed by atoms with E-state index in [0.29, 0.717) is 13.0 Å². The Morgan fingerprint density at radius 2 is 1.82 bits per heavy atom. The second-order valence-corrected chi connectivity index (χ2v) is 5.09. The van der Waals surface area contributed by atoms with Crippen molar-refractivity contribution in [3.63, 3.8) is 0 Å². The zero-order valence-corrected chi connectivity index (χ0v) is 10.4. The van der Waals surface area contributed by atoms with Crippen LogP contribution in [0.3, 0.4) is 0 Å². The van der Waals surface area contributed by atoms with E-state index in [9.17, 15) is 13.2 Å². The number of hydrogen-bond acceptors (Lipinski definition) is 2. The van der Waals surface area contributed by atoms with Gasteiger partial charge in [0, 0.05) is 5.75 Å². The molecule has 1 aromatic carbocycles. The van der Waals surface area contributed by atoms with E-state index in [4.69, 9.17) is 5.73 Å². The molecule has 0 spiro atoms. The molecular weight excluding hydrogens is 247 g/mol. The molecule has 0 fully saturated rings. The zero-order chi connectivity index (χ0) is 12.9. The third-order valence-electron chi connectivity index (χ3n) is 2.57. The largest absolute Gasteiger partial charge is 0.441 e. The van der Waals surface area contributed by atoms with Crippen LogP contribution in [-0.2, 0) is 0 Å². The van der Waals surface area contributed by atoms with E-state index in [1.807, 2.05) is 31.2 Å². The molecule has 0 aliphatic rings. The lowest BCUT2D eigenvalue weighted by Crippen LogP contribution is -2.14. The van der Waals surface area contributed by atoms with Crippen LogP contribution >= 0.6 is 11.8 Å². The van der Waals surface area contributed by atoms with E-state index in [1.165, 1.54) is 0 Å². The van der Waals surface area contributed by atoms with Crippen LogP contribution < -0.4 is 5.73 Å². The highest BCUT2D eigenvalue weighted by Crippen LogP contribution is 2.32. The van der Waals surface area contributed by atoms with Crippen LogP contribution in [0, 0.1) is 6.92 Å². The van der Waals surface area contributed by atoms with E-state index < -0.39 is 5.51 Å². The van der Waals surface area contributed by atoms with Crippen LogP contribution in [0.25, 0.3) is 0 Å². The highest BCUT2D eigenvalue weighted by molar-refractivity contribution is 8.00. The monoisotopic (exact) mass is 263 g/mol. The third kappa shape index (κ3) is 5.46. The lowest BCUT2D eigenvalue weighted by molar-refractivity contribution is -0.0328. The Hall–Kier alpha value is -0.680. The van der Waals surface area contributed by atoms with Gasteiger partial charge in [-0.1, -0.05) is 41.6 Å². The number of thioether (sulfide) groups is 1. The maximum atomic E-state index is 12.0. The second kappa shape index (κ2) is 6.31. The molecule has 0 bridgehead atoms. The first-order valence-corrected chi connectivity index (χ1v) is 6.38.